The highest BCUT2D eigenvalue weighted by Gasteiger charge is 2.17. The van der Waals surface area contributed by atoms with Crippen LogP contribution in [0.25, 0.3) is 11.1 Å². The Kier molecular flexibility index (Phi) is 7.89. The summed E-state index contributed by atoms with van der Waals surface area (Å²) in [5, 5.41) is 12.9. The van der Waals surface area contributed by atoms with Gasteiger partial charge in [0.15, 0.2) is 0 Å². The highest BCUT2D eigenvalue weighted by Crippen LogP contribution is 2.26. The summed E-state index contributed by atoms with van der Waals surface area (Å²) in [6, 6.07) is 18.4. The first-order valence-electron chi connectivity index (χ1n) is 9.79. The second kappa shape index (κ2) is 10.4. The fourth-order valence-corrected chi connectivity index (χ4v) is 3.59. The van der Waals surface area contributed by atoms with Crippen LogP contribution >= 0.6 is 0 Å². The van der Waals surface area contributed by atoms with Crippen molar-refractivity contribution in [2.75, 3.05) is 0 Å². The van der Waals surface area contributed by atoms with E-state index in [9.17, 15) is 5.26 Å². The Morgan fingerprint density at radius 2 is 1.78 bits per heavy atom. The van der Waals surface area contributed by atoms with Crippen molar-refractivity contribution in [1.82, 2.24) is 5.32 Å². The van der Waals surface area contributed by atoms with Gasteiger partial charge < -0.3 is 5.32 Å². The van der Waals surface area contributed by atoms with Crippen LogP contribution in [0.2, 0.25) is 0 Å². The average molecular weight is 359 g/mol. The number of nitrogens with zero attached hydrogens (tertiary/aromatic N) is 1. The first-order valence-corrected chi connectivity index (χ1v) is 9.79. The van der Waals surface area contributed by atoms with Crippen LogP contribution in [0.5, 0.6) is 0 Å². The molecule has 2 nitrogen and oxygen atoms in total. The fourth-order valence-electron chi connectivity index (χ4n) is 3.59. The maximum atomic E-state index is 9.29. The maximum absolute atomic E-state index is 9.29. The molecule has 27 heavy (non-hydrogen) atoms. The van der Waals surface area contributed by atoms with Gasteiger partial charge >= 0.3 is 0 Å². The molecular formula is C25H30N2. The summed E-state index contributed by atoms with van der Waals surface area (Å²) < 4.78 is 0. The van der Waals surface area contributed by atoms with Gasteiger partial charge in [-0.2, -0.15) is 5.26 Å². The molecule has 0 heterocycles. The standard InChI is InChI=1S/C25H30N2/c1-5-10-25(19(4)21(6-2)7-3)27-18-20-13-15-22(16-14-20)24-12-9-8-11-23(24)17-26/h5,8-16,19,21,27H,1,6-7,18H2,2-4H3/b25-10+. The van der Waals surface area contributed by atoms with E-state index in [2.05, 4.69) is 69.1 Å². The Morgan fingerprint density at radius 1 is 1.11 bits per heavy atom. The third-order valence-corrected chi connectivity index (χ3v) is 5.35. The lowest BCUT2D eigenvalue weighted by atomic mass is 9.86. The molecule has 1 atom stereocenters. The van der Waals surface area contributed by atoms with Crippen LogP contribution in [0.15, 0.2) is 73.0 Å². The summed E-state index contributed by atoms with van der Waals surface area (Å²) in [4.78, 5) is 0. The van der Waals surface area contributed by atoms with Crippen LogP contribution < -0.4 is 5.32 Å². The molecule has 0 spiro atoms. The number of hydrogen-bond donors (Lipinski definition) is 1. The van der Waals surface area contributed by atoms with Crippen molar-refractivity contribution in [1.29, 1.82) is 5.26 Å². The third-order valence-electron chi connectivity index (χ3n) is 5.35. The third kappa shape index (κ3) is 5.34. The van der Waals surface area contributed by atoms with Crippen molar-refractivity contribution in [3.8, 4) is 17.2 Å². The van der Waals surface area contributed by atoms with Crippen molar-refractivity contribution >= 4 is 0 Å². The first kappa shape index (κ1) is 20.5. The van der Waals surface area contributed by atoms with Gasteiger partial charge in [0, 0.05) is 12.2 Å². The molecule has 0 saturated heterocycles. The van der Waals surface area contributed by atoms with Crippen molar-refractivity contribution in [3.63, 3.8) is 0 Å². The fraction of sp³-hybridized carbons (Fsp3) is 0.320. The molecule has 140 valence electrons. The van der Waals surface area contributed by atoms with Crippen LogP contribution in [0.3, 0.4) is 0 Å². The van der Waals surface area contributed by atoms with Gasteiger partial charge in [0.1, 0.15) is 0 Å². The van der Waals surface area contributed by atoms with Crippen molar-refractivity contribution in [2.45, 2.75) is 40.2 Å². The summed E-state index contributed by atoms with van der Waals surface area (Å²) in [5.74, 6) is 1.16. The van der Waals surface area contributed by atoms with E-state index in [1.165, 1.54) is 24.1 Å². The van der Waals surface area contributed by atoms with E-state index in [4.69, 9.17) is 0 Å². The van der Waals surface area contributed by atoms with Gasteiger partial charge in [-0.05, 0) is 40.7 Å². The molecule has 0 aliphatic carbocycles. The molecule has 0 bridgehead atoms. The van der Waals surface area contributed by atoms with Gasteiger partial charge in [-0.3, -0.25) is 0 Å². The van der Waals surface area contributed by atoms with Crippen molar-refractivity contribution in [2.24, 2.45) is 11.8 Å². The molecule has 2 aromatic carbocycles. The van der Waals surface area contributed by atoms with E-state index < -0.39 is 0 Å². The van der Waals surface area contributed by atoms with Gasteiger partial charge in [-0.15, -0.1) is 0 Å². The largest absolute Gasteiger partial charge is 0.384 e. The highest BCUT2D eigenvalue weighted by molar-refractivity contribution is 5.70. The highest BCUT2D eigenvalue weighted by atomic mass is 14.9. The second-order valence-electron chi connectivity index (χ2n) is 6.93. The minimum absolute atomic E-state index is 0.486. The predicted octanol–water partition coefficient (Wildman–Crippen LogP) is 6.46. The Morgan fingerprint density at radius 3 is 2.37 bits per heavy atom. The Labute approximate surface area is 164 Å². The van der Waals surface area contributed by atoms with Crippen LogP contribution in [0.4, 0.5) is 0 Å². The molecule has 0 aromatic heterocycles. The van der Waals surface area contributed by atoms with Crippen molar-refractivity contribution < 1.29 is 0 Å². The van der Waals surface area contributed by atoms with E-state index in [-0.39, 0.29) is 0 Å². The van der Waals surface area contributed by atoms with E-state index in [0.717, 1.165) is 17.7 Å². The summed E-state index contributed by atoms with van der Waals surface area (Å²) in [7, 11) is 0. The number of benzene rings is 2. The SMILES string of the molecule is C=C/C=C(/NCc1ccc(-c2ccccc2C#N)cc1)C(C)C(CC)CC. The monoisotopic (exact) mass is 358 g/mol. The summed E-state index contributed by atoms with van der Waals surface area (Å²) in [6.45, 7) is 11.5. The number of nitriles is 1. The zero-order valence-corrected chi connectivity index (χ0v) is 16.7. The molecule has 0 fully saturated rings. The maximum Gasteiger partial charge on any atom is 0.0998 e. The van der Waals surface area contributed by atoms with Gasteiger partial charge in [-0.1, -0.05) is 88.7 Å². The molecule has 1 N–H and O–H groups in total. The summed E-state index contributed by atoms with van der Waals surface area (Å²) in [5.41, 5.74) is 5.23. The van der Waals surface area contributed by atoms with Gasteiger partial charge in [0.05, 0.1) is 11.6 Å². The zero-order valence-electron chi connectivity index (χ0n) is 16.7. The summed E-state index contributed by atoms with van der Waals surface area (Å²) in [6.07, 6.45) is 6.32. The number of rotatable bonds is 9. The Bertz CT molecular complexity index is 805. The molecular weight excluding hydrogens is 328 g/mol. The second-order valence-corrected chi connectivity index (χ2v) is 6.93. The van der Waals surface area contributed by atoms with Gasteiger partial charge in [0.25, 0.3) is 0 Å². The molecule has 0 aliphatic rings. The molecule has 0 aliphatic heterocycles. The molecule has 2 heteroatoms. The quantitative estimate of drug-likeness (QED) is 0.522. The summed E-state index contributed by atoms with van der Waals surface area (Å²) >= 11 is 0. The molecule has 2 aromatic rings. The van der Waals surface area contributed by atoms with Crippen LogP contribution in [0.1, 0.15) is 44.7 Å². The lowest BCUT2D eigenvalue weighted by Gasteiger charge is -2.25. The number of allylic oxidation sites excluding steroid dienone is 3. The van der Waals surface area contributed by atoms with E-state index in [0.29, 0.717) is 17.4 Å². The molecule has 1 unspecified atom stereocenters. The molecule has 0 radical (unpaired) electrons. The van der Waals surface area contributed by atoms with E-state index in [1.54, 1.807) is 0 Å². The lowest BCUT2D eigenvalue weighted by molar-refractivity contribution is 0.363. The van der Waals surface area contributed by atoms with Crippen molar-refractivity contribution in [3.05, 3.63) is 84.1 Å². The molecule has 2 rings (SSSR count). The lowest BCUT2D eigenvalue weighted by Crippen LogP contribution is -2.23. The number of nitrogens with one attached hydrogen (secondary N) is 1. The van der Waals surface area contributed by atoms with Crippen LogP contribution in [-0.4, -0.2) is 0 Å². The Hall–Kier alpha value is -2.79. The minimum atomic E-state index is 0.486. The zero-order chi connectivity index (χ0) is 19.6. The van der Waals surface area contributed by atoms with Crippen LogP contribution in [0, 0.1) is 23.2 Å². The van der Waals surface area contributed by atoms with E-state index in [1.807, 2.05) is 30.3 Å². The minimum Gasteiger partial charge on any atom is -0.384 e. The normalized spacial score (nSPS) is 12.5. The molecule has 0 saturated carbocycles. The van der Waals surface area contributed by atoms with Gasteiger partial charge in [0.2, 0.25) is 0 Å². The van der Waals surface area contributed by atoms with Crippen LogP contribution in [-0.2, 0) is 6.54 Å². The first-order chi connectivity index (χ1) is 13.1. The topological polar surface area (TPSA) is 35.8 Å². The van der Waals surface area contributed by atoms with Gasteiger partial charge in [-0.25, -0.2) is 0 Å². The number of hydrogen-bond acceptors (Lipinski definition) is 2. The molecule has 0 amide bonds. The Balaban J connectivity index is 2.10. The smallest absolute Gasteiger partial charge is 0.0998 e. The predicted molar refractivity (Wildman–Crippen MR) is 115 cm³/mol. The average Bonchev–Trinajstić information content (AvgIpc) is 2.72. The van der Waals surface area contributed by atoms with E-state index >= 15 is 0 Å².